The number of hydrogen-bond donors (Lipinski definition) is 2. The van der Waals surface area contributed by atoms with E-state index in [0.717, 1.165) is 16.9 Å². The number of phenolic OH excluding ortho intramolecular Hbond substituents is 1. The average Bonchev–Trinajstić information content (AvgIpc) is 3.70. The van der Waals surface area contributed by atoms with Crippen LogP contribution in [-0.4, -0.2) is 38.7 Å². The highest BCUT2D eigenvalue weighted by atomic mass is 35.5. The zero-order chi connectivity index (χ0) is 30.2. The number of thioether (sulfide) groups is 1. The summed E-state index contributed by atoms with van der Waals surface area (Å²) in [6, 6.07) is 17.2. The predicted molar refractivity (Wildman–Crippen MR) is 166 cm³/mol. The summed E-state index contributed by atoms with van der Waals surface area (Å²) in [5.41, 5.74) is 1.53. The monoisotopic (exact) mass is 653 g/mol. The van der Waals surface area contributed by atoms with Crippen molar-refractivity contribution in [2.75, 3.05) is 11.5 Å². The van der Waals surface area contributed by atoms with E-state index in [1.165, 1.54) is 28.8 Å². The van der Waals surface area contributed by atoms with E-state index in [1.807, 2.05) is 12.1 Å². The summed E-state index contributed by atoms with van der Waals surface area (Å²) in [6.45, 7) is 2.03. The molecule has 0 fully saturated rings. The number of aliphatic hydroxyl groups excluding tert-OH is 1. The van der Waals surface area contributed by atoms with Crippen LogP contribution in [0, 0.1) is 0 Å². The smallest absolute Gasteiger partial charge is 0.296 e. The summed E-state index contributed by atoms with van der Waals surface area (Å²) >= 11 is 14.8. The van der Waals surface area contributed by atoms with E-state index in [1.54, 1.807) is 49.4 Å². The molecule has 1 unspecified atom stereocenters. The van der Waals surface area contributed by atoms with Crippen LogP contribution in [0.1, 0.15) is 34.6 Å². The van der Waals surface area contributed by atoms with Crippen LogP contribution in [0.3, 0.4) is 0 Å². The van der Waals surface area contributed by atoms with Crippen molar-refractivity contribution in [3.8, 4) is 11.5 Å². The number of hydrogen-bond acceptors (Lipinski definition) is 10. The number of carbonyl (C=O) groups is 2. The fourth-order valence-corrected chi connectivity index (χ4v) is 7.11. The molecule has 0 spiro atoms. The first-order chi connectivity index (χ1) is 20.7. The summed E-state index contributed by atoms with van der Waals surface area (Å²) in [5, 5.41) is 31.8. The van der Waals surface area contributed by atoms with Gasteiger partial charge >= 0.3 is 0 Å². The number of ether oxygens (including phenoxy) is 1. The summed E-state index contributed by atoms with van der Waals surface area (Å²) in [6.07, 6.45) is 0. The molecular weight excluding hydrogens is 633 g/mol. The van der Waals surface area contributed by atoms with Gasteiger partial charge in [-0.2, -0.15) is 0 Å². The Kier molecular flexibility index (Phi) is 8.06. The van der Waals surface area contributed by atoms with Crippen LogP contribution in [0.5, 0.6) is 11.5 Å². The van der Waals surface area contributed by atoms with E-state index < -0.39 is 23.5 Å². The number of amides is 1. The summed E-state index contributed by atoms with van der Waals surface area (Å²) in [5.74, 6) is -1.77. The van der Waals surface area contributed by atoms with Crippen molar-refractivity contribution in [1.29, 1.82) is 0 Å². The van der Waals surface area contributed by atoms with Gasteiger partial charge in [-0.05, 0) is 54.4 Å². The summed E-state index contributed by atoms with van der Waals surface area (Å²) in [7, 11) is 0. The number of phenols is 1. The SMILES string of the molecule is CCOc1cc(C2C(C(=O)c3cc4ccccc4o3)=C(O)C(=O)N2c2nnc(SCc3ccc(Cl)cc3Cl)s2)ccc1O. The van der Waals surface area contributed by atoms with Crippen LogP contribution in [0.4, 0.5) is 5.13 Å². The van der Waals surface area contributed by atoms with Crippen molar-refractivity contribution in [3.63, 3.8) is 0 Å². The third-order valence-electron chi connectivity index (χ3n) is 6.67. The predicted octanol–water partition coefficient (Wildman–Crippen LogP) is 7.77. The number of aliphatic hydroxyl groups is 1. The lowest BCUT2D eigenvalue weighted by Gasteiger charge is -2.24. The summed E-state index contributed by atoms with van der Waals surface area (Å²) in [4.78, 5) is 28.7. The van der Waals surface area contributed by atoms with Gasteiger partial charge in [-0.3, -0.25) is 14.5 Å². The number of nitrogens with zero attached hydrogens (tertiary/aromatic N) is 3. The van der Waals surface area contributed by atoms with Gasteiger partial charge in [0.25, 0.3) is 5.91 Å². The first-order valence-corrected chi connectivity index (χ1v) is 15.5. The number of anilines is 1. The minimum Gasteiger partial charge on any atom is -0.504 e. The molecule has 3 aromatic carbocycles. The van der Waals surface area contributed by atoms with Crippen molar-refractivity contribution in [2.24, 2.45) is 0 Å². The molecule has 1 atom stereocenters. The molecule has 0 bridgehead atoms. The molecule has 2 N–H and O–H groups in total. The molecule has 0 saturated carbocycles. The molecule has 13 heteroatoms. The Labute approximate surface area is 263 Å². The largest absolute Gasteiger partial charge is 0.504 e. The minimum absolute atomic E-state index is 0.0421. The van der Waals surface area contributed by atoms with Gasteiger partial charge in [-0.15, -0.1) is 10.2 Å². The van der Waals surface area contributed by atoms with Gasteiger partial charge in [0, 0.05) is 21.2 Å². The zero-order valence-corrected chi connectivity index (χ0v) is 25.4. The van der Waals surface area contributed by atoms with Crippen molar-refractivity contribution in [1.82, 2.24) is 10.2 Å². The molecular formula is C30H21Cl2N3O6S2. The fraction of sp³-hybridized carbons (Fsp3) is 0.133. The van der Waals surface area contributed by atoms with Gasteiger partial charge in [0.05, 0.1) is 18.2 Å². The highest BCUT2D eigenvalue weighted by Crippen LogP contribution is 2.46. The van der Waals surface area contributed by atoms with E-state index >= 15 is 0 Å². The Bertz CT molecular complexity index is 1890. The number of carbonyl (C=O) groups excluding carboxylic acids is 2. The highest BCUT2D eigenvalue weighted by Gasteiger charge is 2.47. The van der Waals surface area contributed by atoms with Crippen LogP contribution in [0.25, 0.3) is 11.0 Å². The fourth-order valence-electron chi connectivity index (χ4n) is 4.68. The van der Waals surface area contributed by atoms with E-state index in [2.05, 4.69) is 10.2 Å². The molecule has 218 valence electrons. The second kappa shape index (κ2) is 11.9. The second-order valence-electron chi connectivity index (χ2n) is 9.35. The van der Waals surface area contributed by atoms with E-state index in [4.69, 9.17) is 32.4 Å². The number of para-hydroxylation sites is 1. The molecule has 0 radical (unpaired) electrons. The van der Waals surface area contributed by atoms with Crippen LogP contribution < -0.4 is 9.64 Å². The van der Waals surface area contributed by atoms with E-state index in [0.29, 0.717) is 36.7 Å². The van der Waals surface area contributed by atoms with Crippen LogP contribution in [0.15, 0.2) is 86.8 Å². The van der Waals surface area contributed by atoms with Gasteiger partial charge in [-0.1, -0.05) is 76.6 Å². The Morgan fingerprint density at radius 2 is 1.91 bits per heavy atom. The lowest BCUT2D eigenvalue weighted by Crippen LogP contribution is -2.31. The Hall–Kier alpha value is -4.03. The van der Waals surface area contributed by atoms with Gasteiger partial charge in [0.1, 0.15) is 5.58 Å². The molecule has 9 nitrogen and oxygen atoms in total. The van der Waals surface area contributed by atoms with Crippen LogP contribution in [-0.2, 0) is 10.5 Å². The molecule has 43 heavy (non-hydrogen) atoms. The zero-order valence-electron chi connectivity index (χ0n) is 22.3. The van der Waals surface area contributed by atoms with E-state index in [9.17, 15) is 19.8 Å². The number of halogens is 2. The van der Waals surface area contributed by atoms with Crippen LogP contribution >= 0.6 is 46.3 Å². The molecule has 0 aliphatic carbocycles. The number of benzene rings is 3. The minimum atomic E-state index is -1.12. The average molecular weight is 655 g/mol. The lowest BCUT2D eigenvalue weighted by molar-refractivity contribution is -0.117. The number of ketones is 1. The molecule has 1 aliphatic heterocycles. The third-order valence-corrected chi connectivity index (χ3v) is 9.36. The normalized spacial score (nSPS) is 15.1. The van der Waals surface area contributed by atoms with Crippen LogP contribution in [0.2, 0.25) is 10.0 Å². The maximum absolute atomic E-state index is 13.9. The number of aromatic nitrogens is 2. The number of aromatic hydroxyl groups is 1. The van der Waals surface area contributed by atoms with Crippen molar-refractivity contribution >= 4 is 74.1 Å². The highest BCUT2D eigenvalue weighted by molar-refractivity contribution is 8.00. The quantitative estimate of drug-likeness (QED) is 0.0931. The van der Waals surface area contributed by atoms with Crippen molar-refractivity contribution in [3.05, 3.63) is 105 Å². The maximum Gasteiger partial charge on any atom is 0.296 e. The Morgan fingerprint density at radius 3 is 2.67 bits per heavy atom. The van der Waals surface area contributed by atoms with Gasteiger partial charge in [0.2, 0.25) is 10.9 Å². The molecule has 1 aliphatic rings. The molecule has 5 aromatic rings. The Morgan fingerprint density at radius 1 is 1.09 bits per heavy atom. The number of furan rings is 1. The second-order valence-corrected chi connectivity index (χ2v) is 12.4. The molecule has 1 amide bonds. The van der Waals surface area contributed by atoms with Crippen molar-refractivity contribution in [2.45, 2.75) is 23.1 Å². The van der Waals surface area contributed by atoms with E-state index in [-0.39, 0.29) is 34.6 Å². The Balaban J connectivity index is 1.38. The number of Topliss-reactive ketones (excluding diaryl/α,β-unsaturated/α-hetero) is 1. The standard InChI is InChI=1S/C30H21Cl2N3O6S2/c1-2-40-22-12-16(8-10-20(22)36)25-24(26(37)23-11-15-5-3-4-6-21(15)41-23)27(38)28(39)35(25)29-33-34-30(43-29)42-14-17-7-9-18(31)13-19(17)32/h3-13,25,36,38H,2,14H2,1H3. The first-order valence-electron chi connectivity index (χ1n) is 12.9. The molecule has 3 heterocycles. The maximum atomic E-state index is 13.9. The van der Waals surface area contributed by atoms with Gasteiger partial charge in [-0.25, -0.2) is 0 Å². The van der Waals surface area contributed by atoms with Crippen molar-refractivity contribution < 1.29 is 29.0 Å². The number of fused-ring (bicyclic) bond motifs is 1. The molecule has 2 aromatic heterocycles. The first kappa shape index (κ1) is 29.1. The topological polar surface area (TPSA) is 126 Å². The summed E-state index contributed by atoms with van der Waals surface area (Å²) < 4.78 is 11.9. The van der Waals surface area contributed by atoms with Gasteiger partial charge in [0.15, 0.2) is 27.4 Å². The molecule has 6 rings (SSSR count). The number of rotatable bonds is 9. The third kappa shape index (κ3) is 5.56. The molecule has 0 saturated heterocycles. The van der Waals surface area contributed by atoms with Gasteiger partial charge < -0.3 is 19.4 Å². The lowest BCUT2D eigenvalue weighted by atomic mass is 9.95.